The van der Waals surface area contributed by atoms with E-state index in [1.807, 2.05) is 31.2 Å². The fraction of sp³-hybridized carbons (Fsp3) is 0.333. The number of aromatic nitrogens is 2. The molecule has 2 aromatic rings. The first-order valence-corrected chi connectivity index (χ1v) is 6.90. The lowest BCUT2D eigenvalue weighted by Crippen LogP contribution is -2.08. The minimum atomic E-state index is 0.0463. The molecule has 0 saturated carbocycles. The van der Waals surface area contributed by atoms with Gasteiger partial charge in [-0.15, -0.1) is 0 Å². The van der Waals surface area contributed by atoms with E-state index in [1.54, 1.807) is 0 Å². The average molecular weight is 288 g/mol. The molecule has 6 heteroatoms. The Bertz CT molecular complexity index is 572. The number of nitrogens with two attached hydrogens (primary N) is 1. The highest BCUT2D eigenvalue weighted by molar-refractivity contribution is 5.66. The van der Waals surface area contributed by atoms with Gasteiger partial charge >= 0.3 is 0 Å². The van der Waals surface area contributed by atoms with E-state index in [4.69, 9.17) is 15.6 Å². The van der Waals surface area contributed by atoms with Gasteiger partial charge in [0.1, 0.15) is 12.0 Å². The zero-order valence-corrected chi connectivity index (χ0v) is 12.0. The minimum absolute atomic E-state index is 0.0463. The molecule has 1 heterocycles. The van der Waals surface area contributed by atoms with Gasteiger partial charge in [0, 0.05) is 6.54 Å². The van der Waals surface area contributed by atoms with Crippen LogP contribution in [0.25, 0.3) is 0 Å². The molecule has 112 valence electrons. The van der Waals surface area contributed by atoms with Crippen LogP contribution in [0.2, 0.25) is 0 Å². The minimum Gasteiger partial charge on any atom is -0.476 e. The van der Waals surface area contributed by atoms with Crippen LogP contribution in [0, 0.1) is 0 Å². The van der Waals surface area contributed by atoms with Crippen molar-refractivity contribution < 1.29 is 9.84 Å². The zero-order chi connectivity index (χ0) is 15.1. The fourth-order valence-corrected chi connectivity index (χ4v) is 1.78. The van der Waals surface area contributed by atoms with Crippen LogP contribution in [-0.2, 0) is 13.2 Å². The molecule has 0 spiro atoms. The van der Waals surface area contributed by atoms with Gasteiger partial charge in [-0.05, 0) is 17.5 Å². The molecule has 0 aliphatic carbocycles. The van der Waals surface area contributed by atoms with Crippen molar-refractivity contribution in [1.82, 2.24) is 9.97 Å². The summed E-state index contributed by atoms with van der Waals surface area (Å²) in [4.78, 5) is 8.16. The van der Waals surface area contributed by atoms with Gasteiger partial charge in [-0.2, -0.15) is 4.98 Å². The summed E-state index contributed by atoms with van der Waals surface area (Å²) in [5.41, 5.74) is 8.36. The van der Waals surface area contributed by atoms with Crippen LogP contribution in [-0.4, -0.2) is 21.7 Å². The van der Waals surface area contributed by atoms with Crippen LogP contribution in [0.4, 0.5) is 11.5 Å². The first-order valence-electron chi connectivity index (χ1n) is 6.90. The molecule has 0 radical (unpaired) electrons. The smallest absolute Gasteiger partial charge is 0.242 e. The topological polar surface area (TPSA) is 93.3 Å². The molecule has 4 N–H and O–H groups in total. The number of nitrogens with one attached hydrogen (secondary N) is 1. The summed E-state index contributed by atoms with van der Waals surface area (Å²) in [6.45, 7) is 3.22. The first kappa shape index (κ1) is 15.1. The van der Waals surface area contributed by atoms with Crippen LogP contribution in [0.15, 0.2) is 30.6 Å². The van der Waals surface area contributed by atoms with E-state index in [-0.39, 0.29) is 6.61 Å². The van der Waals surface area contributed by atoms with Gasteiger partial charge in [-0.1, -0.05) is 31.2 Å². The number of aliphatic hydroxyl groups excluding tert-OH is 1. The zero-order valence-electron chi connectivity index (χ0n) is 12.0. The normalized spacial score (nSPS) is 10.4. The summed E-state index contributed by atoms with van der Waals surface area (Å²) in [5.74, 6) is 0.965. The molecule has 0 amide bonds. The number of ether oxygens (including phenoxy) is 1. The van der Waals surface area contributed by atoms with Crippen LogP contribution in [0.5, 0.6) is 5.88 Å². The van der Waals surface area contributed by atoms with Crippen molar-refractivity contribution >= 4 is 11.5 Å². The summed E-state index contributed by atoms with van der Waals surface area (Å²) < 4.78 is 5.47. The lowest BCUT2D eigenvalue weighted by molar-refractivity contribution is 0.282. The molecule has 0 aliphatic rings. The Kier molecular flexibility index (Phi) is 5.34. The standard InChI is InChI=1S/C15H20N4O2/c1-2-7-21-15-13(16)14(18-10-19-15)17-8-11-3-5-12(9-20)6-4-11/h3-6,10,20H,2,7-9,16H2,1H3,(H,17,18,19). The maximum absolute atomic E-state index is 9.01. The van der Waals surface area contributed by atoms with E-state index >= 15 is 0 Å². The van der Waals surface area contributed by atoms with E-state index in [9.17, 15) is 0 Å². The molecule has 0 unspecified atom stereocenters. The maximum atomic E-state index is 9.01. The molecule has 21 heavy (non-hydrogen) atoms. The van der Waals surface area contributed by atoms with Crippen molar-refractivity contribution in [3.8, 4) is 5.88 Å². The van der Waals surface area contributed by atoms with Gasteiger partial charge in [-0.3, -0.25) is 0 Å². The van der Waals surface area contributed by atoms with Gasteiger partial charge in [0.25, 0.3) is 0 Å². The number of hydrogen-bond acceptors (Lipinski definition) is 6. The lowest BCUT2D eigenvalue weighted by atomic mass is 10.1. The SMILES string of the molecule is CCCOc1ncnc(NCc2ccc(CO)cc2)c1N. The number of anilines is 2. The summed E-state index contributed by atoms with van der Waals surface area (Å²) >= 11 is 0. The van der Waals surface area contributed by atoms with Crippen LogP contribution in [0.1, 0.15) is 24.5 Å². The van der Waals surface area contributed by atoms with Crippen molar-refractivity contribution in [2.45, 2.75) is 26.5 Å². The number of nitrogen functional groups attached to an aromatic ring is 1. The molecule has 0 fully saturated rings. The summed E-state index contributed by atoms with van der Waals surface area (Å²) in [6, 6.07) is 7.67. The van der Waals surface area contributed by atoms with Gasteiger partial charge in [0.2, 0.25) is 5.88 Å². The van der Waals surface area contributed by atoms with Crippen LogP contribution in [0.3, 0.4) is 0 Å². The molecular formula is C15H20N4O2. The molecule has 6 nitrogen and oxygen atoms in total. The summed E-state index contributed by atoms with van der Waals surface area (Å²) in [7, 11) is 0. The Morgan fingerprint density at radius 2 is 1.90 bits per heavy atom. The third-order valence-electron chi connectivity index (χ3n) is 2.96. The molecule has 0 aliphatic heterocycles. The Hall–Kier alpha value is -2.34. The molecule has 0 bridgehead atoms. The molecule has 1 aromatic carbocycles. The highest BCUT2D eigenvalue weighted by Crippen LogP contribution is 2.25. The van der Waals surface area contributed by atoms with E-state index in [1.165, 1.54) is 6.33 Å². The second kappa shape index (κ2) is 7.44. The quantitative estimate of drug-likeness (QED) is 0.721. The fourth-order valence-electron chi connectivity index (χ4n) is 1.78. The number of nitrogens with zero attached hydrogens (tertiary/aromatic N) is 2. The maximum Gasteiger partial charge on any atom is 0.242 e. The highest BCUT2D eigenvalue weighted by Gasteiger charge is 2.08. The predicted molar refractivity (Wildman–Crippen MR) is 81.9 cm³/mol. The lowest BCUT2D eigenvalue weighted by Gasteiger charge is -2.11. The van der Waals surface area contributed by atoms with E-state index < -0.39 is 0 Å². The third kappa shape index (κ3) is 4.06. The second-order valence-electron chi connectivity index (χ2n) is 4.62. The first-order chi connectivity index (χ1) is 10.2. The predicted octanol–water partition coefficient (Wildman–Crippen LogP) is 1.95. The Balaban J connectivity index is 2.01. The van der Waals surface area contributed by atoms with Gasteiger partial charge < -0.3 is 20.9 Å². The van der Waals surface area contributed by atoms with Crippen LogP contribution >= 0.6 is 0 Å². The van der Waals surface area contributed by atoms with Gasteiger partial charge in [-0.25, -0.2) is 4.98 Å². The largest absolute Gasteiger partial charge is 0.476 e. The van der Waals surface area contributed by atoms with Crippen molar-refractivity contribution in [3.63, 3.8) is 0 Å². The second-order valence-corrected chi connectivity index (χ2v) is 4.62. The number of rotatable bonds is 7. The van der Waals surface area contributed by atoms with Crippen molar-refractivity contribution in [3.05, 3.63) is 41.7 Å². The van der Waals surface area contributed by atoms with Crippen molar-refractivity contribution in [2.24, 2.45) is 0 Å². The van der Waals surface area contributed by atoms with E-state index in [0.29, 0.717) is 30.5 Å². The summed E-state index contributed by atoms with van der Waals surface area (Å²) in [5, 5.41) is 12.2. The molecule has 2 rings (SSSR count). The number of hydrogen-bond donors (Lipinski definition) is 3. The highest BCUT2D eigenvalue weighted by atomic mass is 16.5. The van der Waals surface area contributed by atoms with E-state index in [2.05, 4.69) is 15.3 Å². The monoisotopic (exact) mass is 288 g/mol. The summed E-state index contributed by atoms with van der Waals surface area (Å²) in [6.07, 6.45) is 2.32. The molecule has 1 aromatic heterocycles. The van der Waals surface area contributed by atoms with Gasteiger partial charge in [0.15, 0.2) is 5.82 Å². The Labute approximate surface area is 124 Å². The Morgan fingerprint density at radius 3 is 2.57 bits per heavy atom. The molecular weight excluding hydrogens is 268 g/mol. The van der Waals surface area contributed by atoms with Crippen LogP contribution < -0.4 is 15.8 Å². The number of aliphatic hydroxyl groups is 1. The van der Waals surface area contributed by atoms with Gasteiger partial charge in [0.05, 0.1) is 13.2 Å². The average Bonchev–Trinajstić information content (AvgIpc) is 2.53. The van der Waals surface area contributed by atoms with Crippen molar-refractivity contribution in [2.75, 3.05) is 17.7 Å². The molecule has 0 atom stereocenters. The number of benzene rings is 1. The Morgan fingerprint density at radius 1 is 1.19 bits per heavy atom. The third-order valence-corrected chi connectivity index (χ3v) is 2.96. The van der Waals surface area contributed by atoms with E-state index in [0.717, 1.165) is 17.5 Å². The van der Waals surface area contributed by atoms with Crippen molar-refractivity contribution in [1.29, 1.82) is 0 Å². The molecule has 0 saturated heterocycles.